The third kappa shape index (κ3) is 2.85. The summed E-state index contributed by atoms with van der Waals surface area (Å²) in [6, 6.07) is -0.722. The maximum atomic E-state index is 12.1. The molecule has 2 fully saturated rings. The summed E-state index contributed by atoms with van der Waals surface area (Å²) >= 11 is 0. The lowest BCUT2D eigenvalue weighted by Gasteiger charge is -2.16. The highest BCUT2D eigenvalue weighted by atomic mass is 16.4. The summed E-state index contributed by atoms with van der Waals surface area (Å²) in [5.74, 6) is 0.495. The van der Waals surface area contributed by atoms with Crippen LogP contribution in [0.1, 0.15) is 46.0 Å². The van der Waals surface area contributed by atoms with Crippen molar-refractivity contribution in [3.05, 3.63) is 0 Å². The van der Waals surface area contributed by atoms with Gasteiger partial charge in [0.1, 0.15) is 6.04 Å². The molecule has 4 nitrogen and oxygen atoms in total. The Morgan fingerprint density at radius 2 is 1.78 bits per heavy atom. The van der Waals surface area contributed by atoms with Crippen LogP contribution in [0.5, 0.6) is 0 Å². The zero-order chi connectivity index (χ0) is 13.3. The standard InChI is InChI=1S/C14H23NO3/c1-8(2)7-11(14(17)18)15-13(16)12-9-5-3-4-6-10(9)12/h8-12H,3-7H2,1-2H3,(H,15,16)(H,17,18). The Morgan fingerprint density at radius 1 is 1.22 bits per heavy atom. The highest BCUT2D eigenvalue weighted by Gasteiger charge is 2.55. The van der Waals surface area contributed by atoms with Crippen LogP contribution in [0.3, 0.4) is 0 Å². The minimum Gasteiger partial charge on any atom is -0.480 e. The van der Waals surface area contributed by atoms with E-state index in [0.717, 1.165) is 12.8 Å². The van der Waals surface area contributed by atoms with Crippen LogP contribution in [0.25, 0.3) is 0 Å². The summed E-state index contributed by atoms with van der Waals surface area (Å²) < 4.78 is 0. The first-order valence-corrected chi connectivity index (χ1v) is 7.04. The Balaban J connectivity index is 1.87. The van der Waals surface area contributed by atoms with E-state index in [1.807, 2.05) is 13.8 Å². The molecule has 4 heteroatoms. The summed E-state index contributed by atoms with van der Waals surface area (Å²) in [7, 11) is 0. The zero-order valence-corrected chi connectivity index (χ0v) is 11.2. The second kappa shape index (κ2) is 5.29. The lowest BCUT2D eigenvalue weighted by molar-refractivity contribution is -0.142. The average molecular weight is 253 g/mol. The molecule has 0 aliphatic heterocycles. The van der Waals surface area contributed by atoms with Gasteiger partial charge in [-0.25, -0.2) is 4.79 Å². The van der Waals surface area contributed by atoms with Crippen molar-refractivity contribution in [2.45, 2.75) is 52.0 Å². The molecule has 2 aliphatic rings. The van der Waals surface area contributed by atoms with Gasteiger partial charge in [0.2, 0.25) is 5.91 Å². The number of carboxylic acid groups (broad SMARTS) is 1. The molecular weight excluding hydrogens is 230 g/mol. The van der Waals surface area contributed by atoms with E-state index in [9.17, 15) is 9.59 Å². The topological polar surface area (TPSA) is 66.4 Å². The Morgan fingerprint density at radius 3 is 2.22 bits per heavy atom. The largest absolute Gasteiger partial charge is 0.480 e. The summed E-state index contributed by atoms with van der Waals surface area (Å²) in [5.41, 5.74) is 0. The molecular formula is C14H23NO3. The van der Waals surface area contributed by atoms with E-state index in [1.165, 1.54) is 12.8 Å². The molecule has 102 valence electrons. The molecule has 3 unspecified atom stereocenters. The Hall–Kier alpha value is -1.06. The number of hydrogen-bond donors (Lipinski definition) is 2. The molecule has 0 spiro atoms. The van der Waals surface area contributed by atoms with Crippen molar-refractivity contribution in [3.63, 3.8) is 0 Å². The second-order valence-corrected chi connectivity index (χ2v) is 6.17. The minimum absolute atomic E-state index is 0.0278. The lowest BCUT2D eigenvalue weighted by atomic mass is 10.0. The van der Waals surface area contributed by atoms with Crippen LogP contribution < -0.4 is 5.32 Å². The van der Waals surface area contributed by atoms with Crippen molar-refractivity contribution >= 4 is 11.9 Å². The number of fused-ring (bicyclic) bond motifs is 1. The van der Waals surface area contributed by atoms with Crippen molar-refractivity contribution < 1.29 is 14.7 Å². The number of nitrogens with one attached hydrogen (secondary N) is 1. The normalized spacial score (nSPS) is 31.6. The summed E-state index contributed by atoms with van der Waals surface area (Å²) in [4.78, 5) is 23.2. The molecule has 2 rings (SSSR count). The Labute approximate surface area is 108 Å². The monoisotopic (exact) mass is 253 g/mol. The molecule has 0 radical (unpaired) electrons. The van der Waals surface area contributed by atoms with Crippen molar-refractivity contribution in [1.82, 2.24) is 5.32 Å². The third-order valence-corrected chi connectivity index (χ3v) is 4.28. The minimum atomic E-state index is -0.916. The van der Waals surface area contributed by atoms with Gasteiger partial charge in [0, 0.05) is 5.92 Å². The fourth-order valence-corrected chi connectivity index (χ4v) is 3.34. The van der Waals surface area contributed by atoms with Crippen LogP contribution >= 0.6 is 0 Å². The number of carboxylic acids is 1. The van der Waals surface area contributed by atoms with Crippen LogP contribution in [0, 0.1) is 23.7 Å². The van der Waals surface area contributed by atoms with Crippen LogP contribution in [-0.2, 0) is 9.59 Å². The molecule has 0 aromatic carbocycles. The van der Waals surface area contributed by atoms with E-state index in [0.29, 0.717) is 18.3 Å². The Bertz CT molecular complexity index is 328. The zero-order valence-electron chi connectivity index (χ0n) is 11.2. The third-order valence-electron chi connectivity index (χ3n) is 4.28. The number of amides is 1. The van der Waals surface area contributed by atoms with Crippen LogP contribution in [0.15, 0.2) is 0 Å². The molecule has 3 atom stereocenters. The molecule has 0 aromatic rings. The molecule has 0 saturated heterocycles. The van der Waals surface area contributed by atoms with Gasteiger partial charge >= 0.3 is 5.97 Å². The first-order valence-electron chi connectivity index (χ1n) is 7.04. The van der Waals surface area contributed by atoms with E-state index in [1.54, 1.807) is 0 Å². The van der Waals surface area contributed by atoms with Gasteiger partial charge in [-0.1, -0.05) is 26.7 Å². The fraction of sp³-hybridized carbons (Fsp3) is 0.857. The van der Waals surface area contributed by atoms with E-state index >= 15 is 0 Å². The van der Waals surface area contributed by atoms with Gasteiger partial charge in [-0.15, -0.1) is 0 Å². The number of hydrogen-bond acceptors (Lipinski definition) is 2. The predicted molar refractivity (Wildman–Crippen MR) is 68.0 cm³/mol. The molecule has 2 N–H and O–H groups in total. The molecule has 0 heterocycles. The van der Waals surface area contributed by atoms with Gasteiger partial charge in [-0.05, 0) is 37.0 Å². The van der Waals surface area contributed by atoms with Crippen molar-refractivity contribution in [3.8, 4) is 0 Å². The molecule has 1 amide bonds. The average Bonchev–Trinajstić information content (AvgIpc) is 3.01. The van der Waals surface area contributed by atoms with Crippen LogP contribution in [-0.4, -0.2) is 23.0 Å². The first kappa shape index (κ1) is 13.4. The van der Waals surface area contributed by atoms with E-state index in [-0.39, 0.29) is 17.7 Å². The second-order valence-electron chi connectivity index (χ2n) is 6.17. The van der Waals surface area contributed by atoms with Gasteiger partial charge in [0.05, 0.1) is 0 Å². The van der Waals surface area contributed by atoms with Crippen molar-refractivity contribution in [2.24, 2.45) is 23.7 Å². The first-order chi connectivity index (χ1) is 8.50. The van der Waals surface area contributed by atoms with E-state index in [2.05, 4.69) is 5.32 Å². The highest BCUT2D eigenvalue weighted by molar-refractivity contribution is 5.87. The summed E-state index contributed by atoms with van der Waals surface area (Å²) in [6.45, 7) is 3.94. The van der Waals surface area contributed by atoms with E-state index in [4.69, 9.17) is 5.11 Å². The maximum Gasteiger partial charge on any atom is 0.326 e. The van der Waals surface area contributed by atoms with Crippen molar-refractivity contribution in [2.75, 3.05) is 0 Å². The van der Waals surface area contributed by atoms with Gasteiger partial charge in [-0.3, -0.25) is 4.79 Å². The van der Waals surface area contributed by atoms with Crippen LogP contribution in [0.2, 0.25) is 0 Å². The summed E-state index contributed by atoms with van der Waals surface area (Å²) in [6.07, 6.45) is 5.23. The fourth-order valence-electron chi connectivity index (χ4n) is 3.34. The number of rotatable bonds is 5. The van der Waals surface area contributed by atoms with Gasteiger partial charge in [-0.2, -0.15) is 0 Å². The van der Waals surface area contributed by atoms with Gasteiger partial charge in [0.25, 0.3) is 0 Å². The molecule has 2 saturated carbocycles. The number of carbonyl (C=O) groups is 2. The quantitative estimate of drug-likeness (QED) is 0.788. The van der Waals surface area contributed by atoms with Gasteiger partial charge in [0.15, 0.2) is 0 Å². The Kier molecular flexibility index (Phi) is 3.93. The SMILES string of the molecule is CC(C)CC(NC(=O)C1C2CCCCC21)C(=O)O. The van der Waals surface area contributed by atoms with E-state index < -0.39 is 12.0 Å². The van der Waals surface area contributed by atoms with Crippen molar-refractivity contribution in [1.29, 1.82) is 0 Å². The highest BCUT2D eigenvalue weighted by Crippen LogP contribution is 2.55. The predicted octanol–water partition coefficient (Wildman–Crippen LogP) is 2.04. The number of carbonyl (C=O) groups excluding carboxylic acids is 1. The summed E-state index contributed by atoms with van der Waals surface area (Å²) in [5, 5.41) is 11.8. The molecule has 2 aliphatic carbocycles. The molecule has 0 bridgehead atoms. The molecule has 18 heavy (non-hydrogen) atoms. The maximum absolute atomic E-state index is 12.1. The smallest absolute Gasteiger partial charge is 0.326 e. The van der Waals surface area contributed by atoms with Crippen LogP contribution in [0.4, 0.5) is 0 Å². The van der Waals surface area contributed by atoms with Gasteiger partial charge < -0.3 is 10.4 Å². The molecule has 0 aromatic heterocycles. The lowest BCUT2D eigenvalue weighted by Crippen LogP contribution is -2.42. The number of aliphatic carboxylic acids is 1.